The molecule has 4 rings (SSSR count). The number of hydrogen-bond donors (Lipinski definition) is 2. The monoisotopic (exact) mass is 430 g/mol. The number of nitrogens with zero attached hydrogens (tertiary/aromatic N) is 4. The van der Waals surface area contributed by atoms with Crippen molar-refractivity contribution < 1.29 is 4.74 Å². The maximum atomic E-state index is 6.61. The van der Waals surface area contributed by atoms with Crippen molar-refractivity contribution in [2.24, 2.45) is 4.99 Å². The predicted molar refractivity (Wildman–Crippen MR) is 119 cm³/mol. The SMILES string of the molecule is CCNC(=NCC1(c2ccccc2Cl)CCOCC1)N1CCC(c2ncn[nH]2)CC1. The fourth-order valence-electron chi connectivity index (χ4n) is 4.59. The zero-order chi connectivity index (χ0) is 20.8. The van der Waals surface area contributed by atoms with E-state index in [1.807, 2.05) is 12.1 Å². The first-order valence-corrected chi connectivity index (χ1v) is 11.3. The highest BCUT2D eigenvalue weighted by Gasteiger charge is 2.36. The second kappa shape index (κ2) is 9.79. The largest absolute Gasteiger partial charge is 0.381 e. The van der Waals surface area contributed by atoms with Crippen LogP contribution in [0.3, 0.4) is 0 Å². The molecule has 1 aromatic carbocycles. The molecular weight excluding hydrogens is 400 g/mol. The zero-order valence-corrected chi connectivity index (χ0v) is 18.4. The molecule has 30 heavy (non-hydrogen) atoms. The molecule has 2 aliphatic heterocycles. The Bertz CT molecular complexity index is 826. The van der Waals surface area contributed by atoms with E-state index in [4.69, 9.17) is 21.3 Å². The lowest BCUT2D eigenvalue weighted by Crippen LogP contribution is -2.46. The molecule has 0 aliphatic carbocycles. The number of rotatable bonds is 5. The van der Waals surface area contributed by atoms with Gasteiger partial charge in [0.1, 0.15) is 12.2 Å². The molecule has 0 unspecified atom stereocenters. The van der Waals surface area contributed by atoms with Crippen LogP contribution in [0, 0.1) is 0 Å². The van der Waals surface area contributed by atoms with E-state index >= 15 is 0 Å². The molecule has 0 spiro atoms. The van der Waals surface area contributed by atoms with Crippen molar-refractivity contribution in [2.45, 2.75) is 43.9 Å². The predicted octanol–water partition coefficient (Wildman–Crippen LogP) is 3.35. The fourth-order valence-corrected chi connectivity index (χ4v) is 4.93. The summed E-state index contributed by atoms with van der Waals surface area (Å²) in [4.78, 5) is 11.8. The van der Waals surface area contributed by atoms with E-state index in [0.717, 1.165) is 75.3 Å². The second-order valence-electron chi connectivity index (χ2n) is 8.17. The number of guanidine groups is 1. The summed E-state index contributed by atoms with van der Waals surface area (Å²) < 4.78 is 5.67. The van der Waals surface area contributed by atoms with Gasteiger partial charge in [-0.3, -0.25) is 10.1 Å². The molecule has 0 amide bonds. The van der Waals surface area contributed by atoms with Crippen LogP contribution >= 0.6 is 11.6 Å². The first-order chi connectivity index (χ1) is 14.7. The number of halogens is 1. The Morgan fingerprint density at radius 3 is 2.73 bits per heavy atom. The van der Waals surface area contributed by atoms with Crippen LogP contribution in [0.2, 0.25) is 5.02 Å². The molecule has 3 heterocycles. The summed E-state index contributed by atoms with van der Waals surface area (Å²) in [7, 11) is 0. The molecule has 0 radical (unpaired) electrons. The summed E-state index contributed by atoms with van der Waals surface area (Å²) in [6.07, 6.45) is 5.56. The van der Waals surface area contributed by atoms with Crippen LogP contribution in [0.25, 0.3) is 0 Å². The maximum absolute atomic E-state index is 6.61. The van der Waals surface area contributed by atoms with E-state index in [1.54, 1.807) is 6.33 Å². The van der Waals surface area contributed by atoms with Crippen molar-refractivity contribution in [3.8, 4) is 0 Å². The molecular formula is C22H31ClN6O. The van der Waals surface area contributed by atoms with Crippen LogP contribution in [0.4, 0.5) is 0 Å². The number of H-pyrrole nitrogens is 1. The molecule has 1 aromatic heterocycles. The smallest absolute Gasteiger partial charge is 0.193 e. The van der Waals surface area contributed by atoms with Gasteiger partial charge in [-0.05, 0) is 44.2 Å². The van der Waals surface area contributed by atoms with Crippen LogP contribution in [-0.2, 0) is 10.2 Å². The first-order valence-electron chi connectivity index (χ1n) is 10.9. The molecule has 0 saturated carbocycles. The van der Waals surface area contributed by atoms with Gasteiger partial charge in [0.2, 0.25) is 0 Å². The standard InChI is InChI=1S/C22H31ClN6O/c1-2-24-21(29-11-7-17(8-12-29)20-26-16-27-28-20)25-15-22(9-13-30-14-10-22)18-5-3-4-6-19(18)23/h3-6,16-17H,2,7-15H2,1H3,(H,24,25)(H,26,27,28). The summed E-state index contributed by atoms with van der Waals surface area (Å²) >= 11 is 6.61. The normalized spacial score (nSPS) is 20.3. The summed E-state index contributed by atoms with van der Waals surface area (Å²) in [5.74, 6) is 2.43. The number of piperidine rings is 1. The quantitative estimate of drug-likeness (QED) is 0.561. The van der Waals surface area contributed by atoms with E-state index in [2.05, 4.69) is 44.5 Å². The average Bonchev–Trinajstić information content (AvgIpc) is 3.33. The van der Waals surface area contributed by atoms with Crippen molar-refractivity contribution in [2.75, 3.05) is 39.4 Å². The van der Waals surface area contributed by atoms with Crippen molar-refractivity contribution in [3.05, 3.63) is 47.0 Å². The third kappa shape index (κ3) is 4.62. The molecule has 2 aliphatic rings. The maximum Gasteiger partial charge on any atom is 0.193 e. The van der Waals surface area contributed by atoms with Crippen molar-refractivity contribution in [3.63, 3.8) is 0 Å². The summed E-state index contributed by atoms with van der Waals surface area (Å²) in [6.45, 7) is 7.10. The number of aromatic nitrogens is 3. The Labute approximate surface area is 183 Å². The molecule has 2 fully saturated rings. The van der Waals surface area contributed by atoms with E-state index in [-0.39, 0.29) is 5.41 Å². The molecule has 2 aromatic rings. The van der Waals surface area contributed by atoms with Gasteiger partial charge in [-0.1, -0.05) is 29.8 Å². The molecule has 0 atom stereocenters. The van der Waals surface area contributed by atoms with Gasteiger partial charge >= 0.3 is 0 Å². The Morgan fingerprint density at radius 1 is 1.30 bits per heavy atom. The van der Waals surface area contributed by atoms with E-state index < -0.39 is 0 Å². The van der Waals surface area contributed by atoms with Crippen LogP contribution in [0.5, 0.6) is 0 Å². The van der Waals surface area contributed by atoms with E-state index in [9.17, 15) is 0 Å². The minimum absolute atomic E-state index is 0.0740. The minimum atomic E-state index is -0.0740. The highest BCUT2D eigenvalue weighted by molar-refractivity contribution is 6.31. The van der Waals surface area contributed by atoms with Crippen LogP contribution in [0.15, 0.2) is 35.6 Å². The van der Waals surface area contributed by atoms with Gasteiger partial charge in [-0.25, -0.2) is 4.98 Å². The third-order valence-electron chi connectivity index (χ3n) is 6.38. The lowest BCUT2D eigenvalue weighted by molar-refractivity contribution is 0.0530. The molecule has 162 valence electrons. The van der Waals surface area contributed by atoms with Gasteiger partial charge in [-0.15, -0.1) is 0 Å². The fraction of sp³-hybridized carbons (Fsp3) is 0.591. The van der Waals surface area contributed by atoms with Crippen LogP contribution < -0.4 is 5.32 Å². The Balaban J connectivity index is 1.50. The van der Waals surface area contributed by atoms with Gasteiger partial charge < -0.3 is 15.0 Å². The van der Waals surface area contributed by atoms with Crippen molar-refractivity contribution in [1.29, 1.82) is 0 Å². The Morgan fingerprint density at radius 2 is 2.07 bits per heavy atom. The second-order valence-corrected chi connectivity index (χ2v) is 8.58. The lowest BCUT2D eigenvalue weighted by Gasteiger charge is -2.38. The summed E-state index contributed by atoms with van der Waals surface area (Å²) in [6, 6.07) is 8.20. The Hall–Kier alpha value is -2.12. The minimum Gasteiger partial charge on any atom is -0.381 e. The topological polar surface area (TPSA) is 78.4 Å². The summed E-state index contributed by atoms with van der Waals surface area (Å²) in [5, 5.41) is 11.3. The lowest BCUT2D eigenvalue weighted by atomic mass is 9.74. The van der Waals surface area contributed by atoms with E-state index in [0.29, 0.717) is 12.5 Å². The number of benzene rings is 1. The number of aromatic amines is 1. The van der Waals surface area contributed by atoms with Crippen LogP contribution in [0.1, 0.15) is 49.9 Å². The van der Waals surface area contributed by atoms with Crippen molar-refractivity contribution >= 4 is 17.6 Å². The summed E-state index contributed by atoms with van der Waals surface area (Å²) in [5.41, 5.74) is 1.12. The van der Waals surface area contributed by atoms with E-state index in [1.165, 1.54) is 5.56 Å². The highest BCUT2D eigenvalue weighted by Crippen LogP contribution is 2.39. The van der Waals surface area contributed by atoms with Gasteiger partial charge in [-0.2, -0.15) is 5.10 Å². The highest BCUT2D eigenvalue weighted by atomic mass is 35.5. The first kappa shape index (κ1) is 21.1. The zero-order valence-electron chi connectivity index (χ0n) is 17.6. The number of aliphatic imine (C=N–C) groups is 1. The molecule has 7 nitrogen and oxygen atoms in total. The van der Waals surface area contributed by atoms with Crippen LogP contribution in [-0.4, -0.2) is 65.4 Å². The number of ether oxygens (including phenoxy) is 1. The number of likely N-dealkylation sites (tertiary alicyclic amines) is 1. The molecule has 2 saturated heterocycles. The molecule has 0 bridgehead atoms. The molecule has 8 heteroatoms. The molecule has 2 N–H and O–H groups in total. The number of nitrogens with one attached hydrogen (secondary N) is 2. The average molecular weight is 431 g/mol. The van der Waals surface area contributed by atoms with Crippen molar-refractivity contribution in [1.82, 2.24) is 25.4 Å². The van der Waals surface area contributed by atoms with Gasteiger partial charge in [0, 0.05) is 49.2 Å². The third-order valence-corrected chi connectivity index (χ3v) is 6.71. The van der Waals surface area contributed by atoms with Gasteiger partial charge in [0.15, 0.2) is 5.96 Å². The van der Waals surface area contributed by atoms with Gasteiger partial charge in [0.05, 0.1) is 6.54 Å². The van der Waals surface area contributed by atoms with Gasteiger partial charge in [0.25, 0.3) is 0 Å². The number of hydrogen-bond acceptors (Lipinski definition) is 4. The Kier molecular flexibility index (Phi) is 6.89.